The third-order valence-electron chi connectivity index (χ3n) is 2.48. The zero-order valence-electron chi connectivity index (χ0n) is 9.95. The predicted octanol–water partition coefficient (Wildman–Crippen LogP) is 2.90. The Hall–Kier alpha value is -1.36. The van der Waals surface area contributed by atoms with Gasteiger partial charge in [0.05, 0.1) is 22.0 Å². The molecule has 2 heterocycles. The fourth-order valence-electron chi connectivity index (χ4n) is 1.45. The number of ketones is 1. The molecule has 0 radical (unpaired) electrons. The van der Waals surface area contributed by atoms with E-state index in [1.165, 1.54) is 32.1 Å². The Bertz CT molecular complexity index is 523. The summed E-state index contributed by atoms with van der Waals surface area (Å²) in [7, 11) is 0. The molecule has 0 unspecified atom stereocenters. The average Bonchev–Trinajstić information content (AvgIpc) is 2.85. The Balaban J connectivity index is 2.25. The summed E-state index contributed by atoms with van der Waals surface area (Å²) in [6.07, 6.45) is 0. The molecule has 0 atom stereocenters. The maximum Gasteiger partial charge on any atom is 0.169 e. The molecule has 1 aliphatic rings. The highest BCUT2D eigenvalue weighted by Crippen LogP contribution is 2.23. The molecule has 0 aliphatic carbocycles. The monoisotopic (exact) mass is 252 g/mol. The van der Waals surface area contributed by atoms with E-state index in [-0.39, 0.29) is 5.78 Å². The molecule has 0 saturated carbocycles. The molecule has 3 nitrogen and oxygen atoms in total. The van der Waals surface area contributed by atoms with Crippen molar-refractivity contribution in [2.75, 3.05) is 6.54 Å². The summed E-state index contributed by atoms with van der Waals surface area (Å²) in [5.41, 5.74) is -1.00. The van der Waals surface area contributed by atoms with Gasteiger partial charge in [0.2, 0.25) is 0 Å². The summed E-state index contributed by atoms with van der Waals surface area (Å²) in [6.45, 7) is 4.76. The van der Waals surface area contributed by atoms with E-state index in [1.54, 1.807) is 12.1 Å². The zero-order chi connectivity index (χ0) is 12.6. The number of amidine groups is 1. The van der Waals surface area contributed by atoms with Crippen molar-refractivity contribution < 1.29 is 9.18 Å². The number of halogens is 1. The Kier molecular flexibility index (Phi) is 2.95. The largest absolute Gasteiger partial charge is 0.294 e. The van der Waals surface area contributed by atoms with Gasteiger partial charge in [-0.15, -0.1) is 11.3 Å². The van der Waals surface area contributed by atoms with E-state index < -0.39 is 5.67 Å². The SMILES string of the molecule is CC(=O)c1ccc(C2=NCC(C(C)(C)F)=N2)s1. The first-order valence-electron chi connectivity index (χ1n) is 5.30. The standard InChI is InChI=1S/C12H13FN2OS/c1-7(16)8-4-5-9(17-8)11-14-6-10(15-11)12(2,3)13/h4-5H,6H2,1-3H3. The molecule has 0 saturated heterocycles. The second kappa shape index (κ2) is 4.14. The zero-order valence-corrected chi connectivity index (χ0v) is 10.8. The first-order chi connectivity index (χ1) is 7.88. The van der Waals surface area contributed by atoms with Crippen molar-refractivity contribution in [1.82, 2.24) is 0 Å². The summed E-state index contributed by atoms with van der Waals surface area (Å²) < 4.78 is 13.7. The number of carbonyl (C=O) groups is 1. The number of Topliss-reactive ketones (excluding diaryl/α,β-unsaturated/α-hetero) is 1. The lowest BCUT2D eigenvalue weighted by molar-refractivity contribution is 0.102. The molecule has 1 aromatic heterocycles. The van der Waals surface area contributed by atoms with Crippen LogP contribution in [-0.2, 0) is 0 Å². The Labute approximate surface area is 103 Å². The molecule has 0 amide bonds. The van der Waals surface area contributed by atoms with Crippen LogP contribution in [0.2, 0.25) is 0 Å². The Morgan fingerprint density at radius 2 is 2.18 bits per heavy atom. The highest BCUT2D eigenvalue weighted by atomic mass is 32.1. The Morgan fingerprint density at radius 1 is 1.47 bits per heavy atom. The second-order valence-electron chi connectivity index (χ2n) is 4.39. The summed E-state index contributed by atoms with van der Waals surface area (Å²) in [5.74, 6) is 0.554. The number of thiophene rings is 1. The summed E-state index contributed by atoms with van der Waals surface area (Å²) in [5, 5.41) is 0. The number of carbonyl (C=O) groups excluding carboxylic acids is 1. The molecule has 0 bridgehead atoms. The molecule has 1 aliphatic heterocycles. The number of aliphatic imine (C=N–C) groups is 2. The van der Waals surface area contributed by atoms with Gasteiger partial charge in [0.1, 0.15) is 5.67 Å². The normalized spacial score (nSPS) is 15.8. The van der Waals surface area contributed by atoms with Gasteiger partial charge in [0.25, 0.3) is 0 Å². The van der Waals surface area contributed by atoms with E-state index >= 15 is 0 Å². The van der Waals surface area contributed by atoms with Crippen LogP contribution in [0.15, 0.2) is 22.1 Å². The van der Waals surface area contributed by atoms with Crippen LogP contribution >= 0.6 is 11.3 Å². The minimum Gasteiger partial charge on any atom is -0.294 e. The minimum absolute atomic E-state index is 0.0230. The minimum atomic E-state index is -1.44. The summed E-state index contributed by atoms with van der Waals surface area (Å²) >= 11 is 1.34. The molecular weight excluding hydrogens is 239 g/mol. The highest BCUT2D eigenvalue weighted by Gasteiger charge is 2.28. The molecule has 0 spiro atoms. The van der Waals surface area contributed by atoms with Crippen LogP contribution in [-0.4, -0.2) is 29.5 Å². The third-order valence-corrected chi connectivity index (χ3v) is 3.66. The van der Waals surface area contributed by atoms with Crippen molar-refractivity contribution in [2.45, 2.75) is 26.4 Å². The highest BCUT2D eigenvalue weighted by molar-refractivity contribution is 7.16. The van der Waals surface area contributed by atoms with E-state index in [0.29, 0.717) is 23.0 Å². The lowest BCUT2D eigenvalue weighted by Crippen LogP contribution is -2.27. The first kappa shape index (κ1) is 12.1. The van der Waals surface area contributed by atoms with Crippen molar-refractivity contribution in [3.8, 4) is 0 Å². The van der Waals surface area contributed by atoms with Crippen LogP contribution in [0, 0.1) is 0 Å². The molecular formula is C12H13FN2OS. The van der Waals surface area contributed by atoms with Gasteiger partial charge < -0.3 is 0 Å². The van der Waals surface area contributed by atoms with Crippen molar-refractivity contribution in [3.05, 3.63) is 21.9 Å². The van der Waals surface area contributed by atoms with Gasteiger partial charge in [-0.3, -0.25) is 9.79 Å². The summed E-state index contributed by atoms with van der Waals surface area (Å²) in [4.78, 5) is 21.0. The van der Waals surface area contributed by atoms with Crippen molar-refractivity contribution in [1.29, 1.82) is 0 Å². The van der Waals surface area contributed by atoms with E-state index in [2.05, 4.69) is 9.98 Å². The topological polar surface area (TPSA) is 41.8 Å². The van der Waals surface area contributed by atoms with Gasteiger partial charge >= 0.3 is 0 Å². The van der Waals surface area contributed by atoms with E-state index in [1.807, 2.05) is 0 Å². The lowest BCUT2D eigenvalue weighted by atomic mass is 10.1. The van der Waals surface area contributed by atoms with Gasteiger partial charge in [-0.05, 0) is 32.9 Å². The fraction of sp³-hybridized carbons (Fsp3) is 0.417. The maximum absolute atomic E-state index is 13.7. The molecule has 5 heteroatoms. The van der Waals surface area contributed by atoms with Crippen molar-refractivity contribution in [3.63, 3.8) is 0 Å². The maximum atomic E-state index is 13.7. The van der Waals surface area contributed by atoms with Gasteiger partial charge in [-0.2, -0.15) is 0 Å². The van der Waals surface area contributed by atoms with E-state index in [9.17, 15) is 9.18 Å². The number of hydrogen-bond acceptors (Lipinski definition) is 4. The van der Waals surface area contributed by atoms with Crippen LogP contribution in [0.3, 0.4) is 0 Å². The molecule has 90 valence electrons. The molecule has 0 N–H and O–H groups in total. The number of hydrogen-bond donors (Lipinski definition) is 0. The van der Waals surface area contributed by atoms with Gasteiger partial charge in [-0.25, -0.2) is 9.38 Å². The molecule has 2 rings (SSSR count). The lowest BCUT2D eigenvalue weighted by Gasteiger charge is -2.11. The van der Waals surface area contributed by atoms with Gasteiger partial charge in [0.15, 0.2) is 11.6 Å². The number of alkyl halides is 1. The summed E-state index contributed by atoms with van der Waals surface area (Å²) in [6, 6.07) is 3.55. The van der Waals surface area contributed by atoms with Gasteiger partial charge in [0, 0.05) is 0 Å². The van der Waals surface area contributed by atoms with Crippen LogP contribution in [0.25, 0.3) is 0 Å². The first-order valence-corrected chi connectivity index (χ1v) is 6.12. The predicted molar refractivity (Wildman–Crippen MR) is 68.3 cm³/mol. The van der Waals surface area contributed by atoms with E-state index in [4.69, 9.17) is 0 Å². The van der Waals surface area contributed by atoms with Crippen LogP contribution in [0.1, 0.15) is 35.3 Å². The average molecular weight is 252 g/mol. The molecule has 17 heavy (non-hydrogen) atoms. The second-order valence-corrected chi connectivity index (χ2v) is 5.47. The fourth-order valence-corrected chi connectivity index (χ4v) is 2.30. The van der Waals surface area contributed by atoms with Crippen LogP contribution in [0.4, 0.5) is 4.39 Å². The van der Waals surface area contributed by atoms with Crippen LogP contribution < -0.4 is 0 Å². The smallest absolute Gasteiger partial charge is 0.169 e. The van der Waals surface area contributed by atoms with Crippen molar-refractivity contribution >= 4 is 28.7 Å². The number of rotatable bonds is 3. The number of nitrogens with zero attached hydrogens (tertiary/aromatic N) is 2. The Morgan fingerprint density at radius 3 is 2.65 bits per heavy atom. The van der Waals surface area contributed by atoms with E-state index in [0.717, 1.165) is 4.88 Å². The van der Waals surface area contributed by atoms with Crippen molar-refractivity contribution in [2.24, 2.45) is 9.98 Å². The molecule has 0 aromatic carbocycles. The molecule has 0 fully saturated rings. The van der Waals surface area contributed by atoms with Gasteiger partial charge in [-0.1, -0.05) is 0 Å². The molecule has 1 aromatic rings. The third kappa shape index (κ3) is 2.49. The quantitative estimate of drug-likeness (QED) is 0.763. The van der Waals surface area contributed by atoms with Crippen LogP contribution in [0.5, 0.6) is 0 Å².